The van der Waals surface area contributed by atoms with E-state index >= 15 is 0 Å². The first-order chi connectivity index (χ1) is 11.6. The van der Waals surface area contributed by atoms with Crippen molar-refractivity contribution in [2.75, 3.05) is 6.61 Å². The van der Waals surface area contributed by atoms with Gasteiger partial charge in [0.1, 0.15) is 0 Å². The summed E-state index contributed by atoms with van der Waals surface area (Å²) in [4.78, 5) is 27.3. The van der Waals surface area contributed by atoms with Crippen molar-refractivity contribution in [2.24, 2.45) is 5.92 Å². The summed E-state index contributed by atoms with van der Waals surface area (Å²) in [6.07, 6.45) is 5.34. The van der Waals surface area contributed by atoms with Crippen molar-refractivity contribution in [3.63, 3.8) is 0 Å². The van der Waals surface area contributed by atoms with Crippen LogP contribution in [0.15, 0.2) is 18.2 Å². The van der Waals surface area contributed by atoms with Crippen molar-refractivity contribution in [2.45, 2.75) is 45.1 Å². The van der Waals surface area contributed by atoms with Gasteiger partial charge in [-0.25, -0.2) is 4.79 Å². The zero-order valence-corrected chi connectivity index (χ0v) is 13.9. The molecule has 0 aliphatic heterocycles. The van der Waals surface area contributed by atoms with Crippen LogP contribution in [-0.4, -0.2) is 29.5 Å². The van der Waals surface area contributed by atoms with Gasteiger partial charge in [0, 0.05) is 22.6 Å². The number of hydrogen-bond donors (Lipinski definition) is 2. The van der Waals surface area contributed by atoms with Gasteiger partial charge in [-0.3, -0.25) is 4.79 Å². The number of esters is 1. The SMILES string of the molecule is CC1CCc2[nH]c3ccc(C(=O)OCC(=O)NC4CC4)cc3c2C1. The molecule has 0 spiro atoms. The van der Waals surface area contributed by atoms with Gasteiger partial charge >= 0.3 is 5.97 Å². The van der Waals surface area contributed by atoms with Crippen LogP contribution in [-0.2, 0) is 22.4 Å². The van der Waals surface area contributed by atoms with Gasteiger partial charge in [0.2, 0.25) is 0 Å². The van der Waals surface area contributed by atoms with E-state index in [0.29, 0.717) is 11.5 Å². The molecule has 2 aromatic rings. The van der Waals surface area contributed by atoms with Gasteiger partial charge in [-0.2, -0.15) is 0 Å². The Morgan fingerprint density at radius 1 is 1.29 bits per heavy atom. The first-order valence-electron chi connectivity index (χ1n) is 8.70. The highest BCUT2D eigenvalue weighted by Gasteiger charge is 2.24. The standard InChI is InChI=1S/C19H22N2O3/c1-11-2-6-16-14(8-11)15-9-12(3-7-17(15)21-16)19(23)24-10-18(22)20-13-4-5-13/h3,7,9,11,13,21H,2,4-6,8,10H2,1H3,(H,20,22). The summed E-state index contributed by atoms with van der Waals surface area (Å²) in [6.45, 7) is 2.05. The molecule has 1 fully saturated rings. The number of benzene rings is 1. The smallest absolute Gasteiger partial charge is 0.338 e. The highest BCUT2D eigenvalue weighted by atomic mass is 16.5. The first-order valence-corrected chi connectivity index (χ1v) is 8.70. The van der Waals surface area contributed by atoms with Crippen molar-refractivity contribution >= 4 is 22.8 Å². The third kappa shape index (κ3) is 3.03. The molecule has 1 aromatic carbocycles. The van der Waals surface area contributed by atoms with Crippen LogP contribution in [0, 0.1) is 5.92 Å². The number of aryl methyl sites for hydroxylation is 1. The van der Waals surface area contributed by atoms with Crippen LogP contribution in [0.2, 0.25) is 0 Å². The van der Waals surface area contributed by atoms with Crippen LogP contribution in [0.25, 0.3) is 10.9 Å². The van der Waals surface area contributed by atoms with Gasteiger partial charge in [-0.15, -0.1) is 0 Å². The largest absolute Gasteiger partial charge is 0.452 e. The predicted octanol–water partition coefficient (Wildman–Crippen LogP) is 2.73. The van der Waals surface area contributed by atoms with Gasteiger partial charge in [0.25, 0.3) is 5.91 Å². The van der Waals surface area contributed by atoms with Gasteiger partial charge in [0.15, 0.2) is 6.61 Å². The van der Waals surface area contributed by atoms with Gasteiger partial charge in [-0.05, 0) is 61.8 Å². The van der Waals surface area contributed by atoms with Crippen LogP contribution in [0.3, 0.4) is 0 Å². The lowest BCUT2D eigenvalue weighted by molar-refractivity contribution is -0.124. The third-order valence-electron chi connectivity index (χ3n) is 4.95. The summed E-state index contributed by atoms with van der Waals surface area (Å²) < 4.78 is 5.15. The maximum atomic E-state index is 12.2. The first kappa shape index (κ1) is 15.2. The van der Waals surface area contributed by atoms with Crippen LogP contribution >= 0.6 is 0 Å². The summed E-state index contributed by atoms with van der Waals surface area (Å²) in [7, 11) is 0. The Hall–Kier alpha value is -2.30. The van der Waals surface area contributed by atoms with Crippen molar-refractivity contribution in [3.8, 4) is 0 Å². The minimum absolute atomic E-state index is 0.213. The number of fused-ring (bicyclic) bond motifs is 3. The summed E-state index contributed by atoms with van der Waals surface area (Å²) >= 11 is 0. The maximum absolute atomic E-state index is 12.2. The molecule has 2 N–H and O–H groups in total. The normalized spacial score (nSPS) is 19.8. The summed E-state index contributed by atoms with van der Waals surface area (Å²) in [6, 6.07) is 5.86. The number of rotatable bonds is 4. The molecule has 0 bridgehead atoms. The Morgan fingerprint density at radius 2 is 2.12 bits per heavy atom. The molecular formula is C19H22N2O3. The zero-order chi connectivity index (χ0) is 16.7. The molecule has 126 valence electrons. The van der Waals surface area contributed by atoms with Crippen molar-refractivity contribution in [3.05, 3.63) is 35.0 Å². The number of carbonyl (C=O) groups is 2. The minimum atomic E-state index is -0.443. The highest BCUT2D eigenvalue weighted by molar-refractivity contribution is 5.97. The maximum Gasteiger partial charge on any atom is 0.338 e. The number of aromatic amines is 1. The number of nitrogens with one attached hydrogen (secondary N) is 2. The minimum Gasteiger partial charge on any atom is -0.452 e. The van der Waals surface area contributed by atoms with Crippen LogP contribution in [0.4, 0.5) is 0 Å². The lowest BCUT2D eigenvalue weighted by Crippen LogP contribution is -2.30. The van der Waals surface area contributed by atoms with Gasteiger partial charge in [-0.1, -0.05) is 6.92 Å². The van der Waals surface area contributed by atoms with E-state index in [9.17, 15) is 9.59 Å². The number of H-pyrrole nitrogens is 1. The quantitative estimate of drug-likeness (QED) is 0.849. The van der Waals surface area contributed by atoms with Crippen LogP contribution < -0.4 is 5.32 Å². The Morgan fingerprint density at radius 3 is 2.92 bits per heavy atom. The summed E-state index contributed by atoms with van der Waals surface area (Å²) in [5.74, 6) is -0.000316. The van der Waals surface area contributed by atoms with Gasteiger partial charge in [0.05, 0.1) is 5.56 Å². The fourth-order valence-electron chi connectivity index (χ4n) is 3.43. The number of carbonyl (C=O) groups excluding carboxylic acids is 2. The molecule has 1 saturated carbocycles. The molecule has 5 nitrogen and oxygen atoms in total. The average Bonchev–Trinajstić information content (AvgIpc) is 3.31. The highest BCUT2D eigenvalue weighted by Crippen LogP contribution is 2.32. The number of ether oxygens (including phenoxy) is 1. The van der Waals surface area contributed by atoms with E-state index in [-0.39, 0.29) is 18.6 Å². The molecule has 2 aliphatic carbocycles. The number of aromatic nitrogens is 1. The molecule has 0 radical (unpaired) electrons. The second kappa shape index (κ2) is 5.96. The number of hydrogen-bond acceptors (Lipinski definition) is 3. The predicted molar refractivity (Wildman–Crippen MR) is 90.9 cm³/mol. The average molecular weight is 326 g/mol. The molecule has 2 aliphatic rings. The molecule has 1 atom stereocenters. The lowest BCUT2D eigenvalue weighted by atomic mass is 9.87. The van der Waals surface area contributed by atoms with Crippen LogP contribution in [0.1, 0.15) is 47.8 Å². The van der Waals surface area contributed by atoms with E-state index < -0.39 is 5.97 Å². The van der Waals surface area contributed by atoms with E-state index in [2.05, 4.69) is 17.2 Å². The van der Waals surface area contributed by atoms with E-state index in [0.717, 1.165) is 36.6 Å². The molecule has 1 amide bonds. The Kier molecular flexibility index (Phi) is 3.79. The van der Waals surface area contributed by atoms with E-state index in [1.54, 1.807) is 6.07 Å². The Labute approximate surface area is 140 Å². The van der Waals surface area contributed by atoms with Gasteiger partial charge < -0.3 is 15.0 Å². The monoisotopic (exact) mass is 326 g/mol. The molecular weight excluding hydrogens is 304 g/mol. The van der Waals surface area contributed by atoms with E-state index in [4.69, 9.17) is 4.74 Å². The summed E-state index contributed by atoms with van der Waals surface area (Å²) in [5, 5.41) is 3.92. The molecule has 1 aromatic heterocycles. The third-order valence-corrected chi connectivity index (χ3v) is 4.95. The number of amides is 1. The zero-order valence-electron chi connectivity index (χ0n) is 13.9. The van der Waals surface area contributed by atoms with E-state index in [1.165, 1.54) is 17.7 Å². The second-order valence-electron chi connectivity index (χ2n) is 7.11. The van der Waals surface area contributed by atoms with Crippen molar-refractivity contribution in [1.82, 2.24) is 10.3 Å². The van der Waals surface area contributed by atoms with Crippen molar-refractivity contribution < 1.29 is 14.3 Å². The fourth-order valence-corrected chi connectivity index (χ4v) is 3.43. The molecule has 5 heteroatoms. The Balaban J connectivity index is 1.50. The van der Waals surface area contributed by atoms with Crippen molar-refractivity contribution in [1.29, 1.82) is 0 Å². The molecule has 24 heavy (non-hydrogen) atoms. The van der Waals surface area contributed by atoms with Crippen LogP contribution in [0.5, 0.6) is 0 Å². The molecule has 1 heterocycles. The topological polar surface area (TPSA) is 71.2 Å². The van der Waals surface area contributed by atoms with E-state index in [1.807, 2.05) is 12.1 Å². The fraction of sp³-hybridized carbons (Fsp3) is 0.474. The lowest BCUT2D eigenvalue weighted by Gasteiger charge is -2.18. The Bertz CT molecular complexity index is 804. The molecule has 4 rings (SSSR count). The molecule has 1 unspecified atom stereocenters. The summed E-state index contributed by atoms with van der Waals surface area (Å²) in [5.41, 5.74) is 4.18. The second-order valence-corrected chi connectivity index (χ2v) is 7.11. The molecule has 0 saturated heterocycles.